The maximum atomic E-state index is 13.9. The smallest absolute Gasteiger partial charge is 0.410 e. The van der Waals surface area contributed by atoms with Gasteiger partial charge in [-0.15, -0.1) is 0 Å². The molecule has 2 fully saturated rings. The number of hydrogen-bond acceptors (Lipinski definition) is 7. The maximum Gasteiger partial charge on any atom is 0.410 e. The van der Waals surface area contributed by atoms with Crippen LogP contribution in [0.4, 0.5) is 31.0 Å². The fourth-order valence-electron chi connectivity index (χ4n) is 6.89. The van der Waals surface area contributed by atoms with Gasteiger partial charge in [0.05, 0.1) is 0 Å². The molecule has 0 saturated carbocycles. The molecule has 4 amide bonds. The molecule has 0 aromatic heterocycles. The molecule has 0 aliphatic carbocycles. The Kier molecular flexibility index (Phi) is 12.2. The lowest BCUT2D eigenvalue weighted by Gasteiger charge is -2.29. The average molecular weight is 744 g/mol. The molecule has 2 aliphatic heterocycles. The molecule has 290 valence electrons. The standard InChI is InChI=1S/C42H54FN5O6/c1-27-21-23-47(39(51)53-41(3,4)5)35(27)37(49)44-32-15-9-29(10-16-32)25-46(34-19-13-31(43)14-20-34)26-30-11-17-33(18-12-30)45-38(50)36-28(2)22-24-48(36)40(52)54-42(6,7)8/h9-20,27-28,35-36H,21-26H2,1-8H3,(H,44,49)(H,45,50)/t27-,28-,35-,36-/m0/s1. The topological polar surface area (TPSA) is 121 Å². The molecule has 2 heterocycles. The van der Waals surface area contributed by atoms with Crippen LogP contribution in [0.25, 0.3) is 0 Å². The molecule has 3 aromatic carbocycles. The Bertz CT molecular complexity index is 1680. The summed E-state index contributed by atoms with van der Waals surface area (Å²) >= 11 is 0. The van der Waals surface area contributed by atoms with Crippen LogP contribution in [0.1, 0.15) is 79.4 Å². The van der Waals surface area contributed by atoms with Crippen LogP contribution in [-0.4, -0.2) is 70.2 Å². The predicted molar refractivity (Wildman–Crippen MR) is 207 cm³/mol. The third-order valence-electron chi connectivity index (χ3n) is 9.58. The van der Waals surface area contributed by atoms with Crippen molar-refractivity contribution in [2.75, 3.05) is 28.6 Å². The van der Waals surface area contributed by atoms with Crippen molar-refractivity contribution in [3.63, 3.8) is 0 Å². The molecule has 2 aliphatic rings. The van der Waals surface area contributed by atoms with Crippen LogP contribution in [0.5, 0.6) is 0 Å². The highest BCUT2D eigenvalue weighted by atomic mass is 19.1. The zero-order valence-electron chi connectivity index (χ0n) is 32.6. The Balaban J connectivity index is 1.24. The Morgan fingerprint density at radius 2 is 1.02 bits per heavy atom. The Morgan fingerprint density at radius 1 is 0.648 bits per heavy atom. The molecule has 0 radical (unpaired) electrons. The lowest BCUT2D eigenvalue weighted by molar-refractivity contribution is -0.122. The number of anilines is 3. The predicted octanol–water partition coefficient (Wildman–Crippen LogP) is 8.20. The molecule has 0 unspecified atom stereocenters. The monoisotopic (exact) mass is 743 g/mol. The number of benzene rings is 3. The van der Waals surface area contributed by atoms with Crippen LogP contribution in [-0.2, 0) is 32.2 Å². The first-order valence-electron chi connectivity index (χ1n) is 18.7. The minimum Gasteiger partial charge on any atom is -0.444 e. The molecule has 5 rings (SSSR count). The van der Waals surface area contributed by atoms with Gasteiger partial charge in [0, 0.05) is 43.2 Å². The van der Waals surface area contributed by atoms with E-state index in [-0.39, 0.29) is 29.5 Å². The Hall–Kier alpha value is -5.13. The molecule has 12 heteroatoms. The zero-order chi connectivity index (χ0) is 39.4. The van der Waals surface area contributed by atoms with E-state index in [0.29, 0.717) is 50.4 Å². The molecule has 54 heavy (non-hydrogen) atoms. The van der Waals surface area contributed by atoms with Crippen molar-refractivity contribution in [1.29, 1.82) is 0 Å². The van der Waals surface area contributed by atoms with Gasteiger partial charge in [-0.25, -0.2) is 14.0 Å². The van der Waals surface area contributed by atoms with Gasteiger partial charge in [-0.05, 0) is 126 Å². The molecule has 0 spiro atoms. The van der Waals surface area contributed by atoms with Crippen LogP contribution in [0, 0.1) is 17.7 Å². The van der Waals surface area contributed by atoms with Gasteiger partial charge in [-0.3, -0.25) is 19.4 Å². The molecule has 11 nitrogen and oxygen atoms in total. The maximum absolute atomic E-state index is 13.9. The fourth-order valence-corrected chi connectivity index (χ4v) is 6.89. The number of likely N-dealkylation sites (tertiary alicyclic amines) is 2. The van der Waals surface area contributed by atoms with Crippen molar-refractivity contribution in [1.82, 2.24) is 9.80 Å². The second-order valence-electron chi connectivity index (χ2n) is 16.5. The van der Waals surface area contributed by atoms with E-state index in [1.54, 1.807) is 53.7 Å². The molecular formula is C42H54FN5O6. The minimum absolute atomic E-state index is 0.0167. The third-order valence-corrected chi connectivity index (χ3v) is 9.58. The fraction of sp³-hybridized carbons (Fsp3) is 0.476. The molecule has 3 aromatic rings. The van der Waals surface area contributed by atoms with Crippen molar-refractivity contribution in [2.45, 2.75) is 105 Å². The molecule has 2 N–H and O–H groups in total. The van der Waals surface area contributed by atoms with Crippen LogP contribution < -0.4 is 15.5 Å². The highest BCUT2D eigenvalue weighted by Gasteiger charge is 2.42. The van der Waals surface area contributed by atoms with Crippen molar-refractivity contribution in [2.24, 2.45) is 11.8 Å². The van der Waals surface area contributed by atoms with Gasteiger partial charge in [-0.1, -0.05) is 38.1 Å². The summed E-state index contributed by atoms with van der Waals surface area (Å²) in [7, 11) is 0. The lowest BCUT2D eigenvalue weighted by Crippen LogP contribution is -2.47. The van der Waals surface area contributed by atoms with E-state index in [9.17, 15) is 23.6 Å². The number of ether oxygens (including phenoxy) is 2. The van der Waals surface area contributed by atoms with E-state index >= 15 is 0 Å². The Morgan fingerprint density at radius 3 is 1.37 bits per heavy atom. The number of nitrogens with one attached hydrogen (secondary N) is 2. The second kappa shape index (κ2) is 16.5. The van der Waals surface area contributed by atoms with Crippen LogP contribution in [0.15, 0.2) is 72.8 Å². The summed E-state index contributed by atoms with van der Waals surface area (Å²) in [5.41, 5.74) is 2.65. The van der Waals surface area contributed by atoms with Crippen molar-refractivity contribution in [3.05, 3.63) is 89.7 Å². The van der Waals surface area contributed by atoms with Crippen molar-refractivity contribution in [3.8, 4) is 0 Å². The van der Waals surface area contributed by atoms with Gasteiger partial charge in [0.25, 0.3) is 0 Å². The first kappa shape index (κ1) is 40.1. The summed E-state index contributed by atoms with van der Waals surface area (Å²) in [6, 6.07) is 20.1. The Labute approximate surface area is 318 Å². The number of hydrogen-bond donors (Lipinski definition) is 2. The summed E-state index contributed by atoms with van der Waals surface area (Å²) in [6.45, 7) is 16.6. The molecular weight excluding hydrogens is 689 g/mol. The number of halogens is 1. The summed E-state index contributed by atoms with van der Waals surface area (Å²) in [5.74, 6) is -0.884. The first-order valence-corrected chi connectivity index (χ1v) is 18.7. The highest BCUT2D eigenvalue weighted by molar-refractivity contribution is 5.98. The van der Waals surface area contributed by atoms with Gasteiger partial charge in [0.2, 0.25) is 11.8 Å². The summed E-state index contributed by atoms with van der Waals surface area (Å²) in [4.78, 5) is 57.6. The second-order valence-corrected chi connectivity index (χ2v) is 16.5. The van der Waals surface area contributed by atoms with Gasteiger partial charge < -0.3 is 25.0 Å². The summed E-state index contributed by atoms with van der Waals surface area (Å²) in [5, 5.41) is 5.95. The lowest BCUT2D eigenvalue weighted by atomic mass is 10.0. The van der Waals surface area contributed by atoms with Gasteiger partial charge in [0.15, 0.2) is 0 Å². The molecule has 2 saturated heterocycles. The SMILES string of the molecule is C[C@H]1CCN(C(=O)OC(C)(C)C)[C@@H]1C(=O)Nc1ccc(CN(Cc2ccc(NC(=O)[C@@H]3[C@@H](C)CCN3C(=O)OC(C)(C)C)cc2)c2ccc(F)cc2)cc1. The van der Waals surface area contributed by atoms with Crippen molar-refractivity contribution >= 4 is 41.1 Å². The van der Waals surface area contributed by atoms with E-state index in [1.165, 1.54) is 21.9 Å². The minimum atomic E-state index is -0.662. The summed E-state index contributed by atoms with van der Waals surface area (Å²) in [6.07, 6.45) is 0.434. The summed E-state index contributed by atoms with van der Waals surface area (Å²) < 4.78 is 25.0. The van der Waals surface area contributed by atoms with Gasteiger partial charge in [0.1, 0.15) is 29.1 Å². The van der Waals surface area contributed by atoms with E-state index in [0.717, 1.165) is 16.8 Å². The number of carbonyl (C=O) groups excluding carboxylic acids is 4. The van der Waals surface area contributed by atoms with Crippen LogP contribution >= 0.6 is 0 Å². The number of amides is 4. The van der Waals surface area contributed by atoms with Crippen molar-refractivity contribution < 1.29 is 33.0 Å². The normalized spacial score (nSPS) is 20.0. The largest absolute Gasteiger partial charge is 0.444 e. The zero-order valence-corrected chi connectivity index (χ0v) is 32.6. The van der Waals surface area contributed by atoms with E-state index in [4.69, 9.17) is 9.47 Å². The van der Waals surface area contributed by atoms with Gasteiger partial charge >= 0.3 is 12.2 Å². The van der Waals surface area contributed by atoms with E-state index in [1.807, 2.05) is 62.4 Å². The van der Waals surface area contributed by atoms with Crippen LogP contribution in [0.2, 0.25) is 0 Å². The van der Waals surface area contributed by atoms with E-state index in [2.05, 4.69) is 15.5 Å². The molecule has 4 atom stereocenters. The van der Waals surface area contributed by atoms with Gasteiger partial charge in [-0.2, -0.15) is 0 Å². The number of nitrogens with zero attached hydrogens (tertiary/aromatic N) is 3. The molecule has 0 bridgehead atoms. The number of carbonyl (C=O) groups is 4. The number of rotatable bonds is 9. The highest BCUT2D eigenvalue weighted by Crippen LogP contribution is 2.30. The third kappa shape index (κ3) is 10.5. The van der Waals surface area contributed by atoms with E-state index < -0.39 is 35.5 Å². The first-order chi connectivity index (χ1) is 25.4. The van der Waals surface area contributed by atoms with Crippen LogP contribution in [0.3, 0.4) is 0 Å². The average Bonchev–Trinajstić information content (AvgIpc) is 3.67. The quantitative estimate of drug-likeness (QED) is 0.227.